The molecule has 0 unspecified atom stereocenters. The molecule has 3 aromatic rings. The molecular weight excluding hydrogens is 377 g/mol. The van der Waals surface area contributed by atoms with Crippen LogP contribution in [0.2, 0.25) is 0 Å². The van der Waals surface area contributed by atoms with Gasteiger partial charge in [0.15, 0.2) is 0 Å². The minimum atomic E-state index is -0.166. The molecule has 1 amide bonds. The summed E-state index contributed by atoms with van der Waals surface area (Å²) < 4.78 is 15.6. The van der Waals surface area contributed by atoms with E-state index >= 15 is 0 Å². The Morgan fingerprint density at radius 2 is 1.93 bits per heavy atom. The smallest absolute Gasteiger partial charge is 0.253 e. The highest BCUT2D eigenvalue weighted by Gasteiger charge is 2.43. The number of carbonyl (C=O) groups excluding carboxylic acids is 1. The third kappa shape index (κ3) is 3.89. The van der Waals surface area contributed by atoms with E-state index in [-0.39, 0.29) is 11.7 Å². The van der Waals surface area contributed by atoms with Crippen molar-refractivity contribution >= 4 is 5.91 Å². The van der Waals surface area contributed by atoms with Crippen LogP contribution in [0.3, 0.4) is 0 Å². The Labute approximate surface area is 176 Å². The maximum Gasteiger partial charge on any atom is 0.253 e. The lowest BCUT2D eigenvalue weighted by molar-refractivity contribution is 0.0776. The average molecular weight is 404 g/mol. The maximum atomic E-state index is 13.6. The van der Waals surface area contributed by atoms with E-state index in [0.717, 1.165) is 42.6 Å². The van der Waals surface area contributed by atoms with Crippen molar-refractivity contribution in [2.75, 3.05) is 13.1 Å². The summed E-state index contributed by atoms with van der Waals surface area (Å²) in [6, 6.07) is 14.9. The Morgan fingerprint density at radius 1 is 1.07 bits per heavy atom. The van der Waals surface area contributed by atoms with Crippen LogP contribution < -0.4 is 0 Å². The average Bonchev–Trinajstić information content (AvgIpc) is 3.47. The second kappa shape index (κ2) is 8.05. The molecule has 4 nitrogen and oxygen atoms in total. The number of nitrogens with zero attached hydrogens (tertiary/aromatic N) is 3. The molecule has 2 fully saturated rings. The molecule has 5 heteroatoms. The summed E-state index contributed by atoms with van der Waals surface area (Å²) in [5.74, 6) is 1.58. The molecule has 2 aliphatic rings. The molecule has 3 atom stereocenters. The van der Waals surface area contributed by atoms with Gasteiger partial charge in [-0.1, -0.05) is 24.3 Å². The standard InChI is InChI=1S/C25H26FN3O/c26-23-6-2-3-18(13-23)11-20-7-8-22-15-29(16-24(20)22)25(30)21-5-1-4-19(12-21)14-28-10-9-27-17-28/h1-6,9-10,12-13,17,20,22,24H,7-8,11,14-16H2/t20-,22-,24-/m1/s1. The summed E-state index contributed by atoms with van der Waals surface area (Å²) in [6.07, 6.45) is 8.72. The van der Waals surface area contributed by atoms with Gasteiger partial charge in [-0.25, -0.2) is 9.37 Å². The van der Waals surface area contributed by atoms with Crippen molar-refractivity contribution in [2.45, 2.75) is 25.8 Å². The van der Waals surface area contributed by atoms with Crippen LogP contribution in [0.5, 0.6) is 0 Å². The van der Waals surface area contributed by atoms with Gasteiger partial charge in [0.05, 0.1) is 6.33 Å². The fraction of sp³-hybridized carbons (Fsp3) is 0.360. The van der Waals surface area contributed by atoms with Gasteiger partial charge in [0.1, 0.15) is 5.82 Å². The summed E-state index contributed by atoms with van der Waals surface area (Å²) in [6.45, 7) is 2.37. The summed E-state index contributed by atoms with van der Waals surface area (Å²) in [5.41, 5.74) is 2.93. The van der Waals surface area contributed by atoms with Gasteiger partial charge in [0, 0.05) is 37.6 Å². The third-order valence-corrected chi connectivity index (χ3v) is 6.78. The van der Waals surface area contributed by atoms with Crippen molar-refractivity contribution in [1.29, 1.82) is 0 Å². The number of halogens is 1. The van der Waals surface area contributed by atoms with E-state index in [1.165, 1.54) is 12.5 Å². The Bertz CT molecular complexity index is 1030. The minimum Gasteiger partial charge on any atom is -0.338 e. The van der Waals surface area contributed by atoms with Crippen molar-refractivity contribution in [3.63, 3.8) is 0 Å². The quantitative estimate of drug-likeness (QED) is 0.633. The van der Waals surface area contributed by atoms with Gasteiger partial charge in [-0.05, 0) is 72.4 Å². The second-order valence-corrected chi connectivity index (χ2v) is 8.74. The highest BCUT2D eigenvalue weighted by atomic mass is 19.1. The molecule has 0 N–H and O–H groups in total. The number of imidazole rings is 1. The van der Waals surface area contributed by atoms with Gasteiger partial charge in [-0.15, -0.1) is 0 Å². The first-order chi connectivity index (χ1) is 14.7. The molecular formula is C25H26FN3O. The molecule has 0 spiro atoms. The maximum absolute atomic E-state index is 13.6. The Hall–Kier alpha value is -2.95. The number of rotatable bonds is 5. The number of aromatic nitrogens is 2. The summed E-state index contributed by atoms with van der Waals surface area (Å²) in [7, 11) is 0. The first-order valence-corrected chi connectivity index (χ1v) is 10.7. The number of amides is 1. The van der Waals surface area contributed by atoms with Crippen molar-refractivity contribution in [2.24, 2.45) is 17.8 Å². The number of likely N-dealkylation sites (tertiary alicyclic amines) is 1. The fourth-order valence-corrected chi connectivity index (χ4v) is 5.34. The van der Waals surface area contributed by atoms with Gasteiger partial charge in [-0.3, -0.25) is 4.79 Å². The number of fused-ring (bicyclic) bond motifs is 1. The third-order valence-electron chi connectivity index (χ3n) is 6.78. The number of carbonyl (C=O) groups is 1. The summed E-state index contributed by atoms with van der Waals surface area (Å²) in [4.78, 5) is 19.3. The van der Waals surface area contributed by atoms with Gasteiger partial charge in [0.2, 0.25) is 0 Å². The highest BCUT2D eigenvalue weighted by Crippen LogP contribution is 2.44. The van der Waals surface area contributed by atoms with Crippen LogP contribution in [0.4, 0.5) is 4.39 Å². The van der Waals surface area contributed by atoms with Gasteiger partial charge >= 0.3 is 0 Å². The van der Waals surface area contributed by atoms with Crippen molar-refractivity contribution < 1.29 is 9.18 Å². The normalized spacial score (nSPS) is 23.0. The molecule has 1 aliphatic heterocycles. The van der Waals surface area contributed by atoms with E-state index in [9.17, 15) is 9.18 Å². The van der Waals surface area contributed by atoms with E-state index in [1.54, 1.807) is 24.7 Å². The number of benzene rings is 2. The van der Waals surface area contributed by atoms with Crippen LogP contribution in [-0.2, 0) is 13.0 Å². The Kier molecular flexibility index (Phi) is 5.11. The van der Waals surface area contributed by atoms with E-state index in [4.69, 9.17) is 0 Å². The molecule has 1 saturated heterocycles. The monoisotopic (exact) mass is 403 g/mol. The fourth-order valence-electron chi connectivity index (χ4n) is 5.34. The van der Waals surface area contributed by atoms with Crippen molar-refractivity contribution in [3.05, 3.63) is 89.8 Å². The lowest BCUT2D eigenvalue weighted by Crippen LogP contribution is -2.30. The molecule has 154 valence electrons. The van der Waals surface area contributed by atoms with E-state index in [0.29, 0.717) is 24.3 Å². The zero-order valence-corrected chi connectivity index (χ0v) is 17.0. The zero-order chi connectivity index (χ0) is 20.5. The molecule has 1 saturated carbocycles. The molecule has 1 aliphatic carbocycles. The Morgan fingerprint density at radius 3 is 2.77 bits per heavy atom. The van der Waals surface area contributed by atoms with Crippen LogP contribution in [0.15, 0.2) is 67.3 Å². The summed E-state index contributed by atoms with van der Waals surface area (Å²) >= 11 is 0. The topological polar surface area (TPSA) is 38.1 Å². The SMILES string of the molecule is O=C(c1cccc(Cn2ccnc2)c1)N1C[C@H]2CC[C@H](Cc3cccc(F)c3)[C@H]2C1. The van der Waals surface area contributed by atoms with Crippen molar-refractivity contribution in [3.8, 4) is 0 Å². The van der Waals surface area contributed by atoms with Gasteiger partial charge in [0.25, 0.3) is 5.91 Å². The van der Waals surface area contributed by atoms with Crippen LogP contribution in [0, 0.1) is 23.6 Å². The first kappa shape index (κ1) is 19.0. The first-order valence-electron chi connectivity index (χ1n) is 10.7. The zero-order valence-electron chi connectivity index (χ0n) is 17.0. The van der Waals surface area contributed by atoms with Crippen molar-refractivity contribution in [1.82, 2.24) is 14.5 Å². The number of hydrogen-bond donors (Lipinski definition) is 0. The van der Waals surface area contributed by atoms with Gasteiger partial charge < -0.3 is 9.47 Å². The minimum absolute atomic E-state index is 0.126. The van der Waals surface area contributed by atoms with Crippen LogP contribution in [0.25, 0.3) is 0 Å². The molecule has 2 aromatic carbocycles. The lowest BCUT2D eigenvalue weighted by atomic mass is 9.87. The largest absolute Gasteiger partial charge is 0.338 e. The molecule has 1 aromatic heterocycles. The molecule has 0 radical (unpaired) electrons. The predicted octanol–water partition coefficient (Wildman–Crippen LogP) is 4.41. The molecule has 0 bridgehead atoms. The van der Waals surface area contributed by atoms with E-state index in [1.807, 2.05) is 46.0 Å². The predicted molar refractivity (Wildman–Crippen MR) is 113 cm³/mol. The lowest BCUT2D eigenvalue weighted by Gasteiger charge is -2.21. The Balaban J connectivity index is 1.26. The number of hydrogen-bond acceptors (Lipinski definition) is 2. The van der Waals surface area contributed by atoms with Gasteiger partial charge in [-0.2, -0.15) is 0 Å². The molecule has 30 heavy (non-hydrogen) atoms. The van der Waals surface area contributed by atoms with Crippen LogP contribution in [-0.4, -0.2) is 33.4 Å². The highest BCUT2D eigenvalue weighted by molar-refractivity contribution is 5.94. The van der Waals surface area contributed by atoms with Crippen LogP contribution >= 0.6 is 0 Å². The van der Waals surface area contributed by atoms with E-state index < -0.39 is 0 Å². The molecule has 5 rings (SSSR count). The van der Waals surface area contributed by atoms with E-state index in [2.05, 4.69) is 4.98 Å². The second-order valence-electron chi connectivity index (χ2n) is 8.74. The summed E-state index contributed by atoms with van der Waals surface area (Å²) in [5, 5.41) is 0. The molecule has 2 heterocycles. The van der Waals surface area contributed by atoms with Crippen LogP contribution in [0.1, 0.15) is 34.3 Å².